The lowest BCUT2D eigenvalue weighted by Gasteiger charge is -2.27. The smallest absolute Gasteiger partial charge is 0.254 e. The predicted molar refractivity (Wildman–Crippen MR) is 82.7 cm³/mol. The van der Waals surface area contributed by atoms with Crippen molar-refractivity contribution in [1.82, 2.24) is 19.6 Å². The van der Waals surface area contributed by atoms with E-state index in [1.54, 1.807) is 0 Å². The number of aromatic nitrogens is 4. The molecule has 1 fully saturated rings. The number of nitrogens with one attached hydrogen (secondary N) is 1. The monoisotopic (exact) mass is 285 g/mol. The number of hydrogen-bond acceptors (Lipinski definition) is 4. The topological polar surface area (TPSA) is 55.1 Å². The Hall–Kier alpha value is -1.65. The van der Waals surface area contributed by atoms with Gasteiger partial charge in [-0.05, 0) is 45.4 Å². The highest BCUT2D eigenvalue weighted by Gasteiger charge is 2.22. The van der Waals surface area contributed by atoms with Crippen LogP contribution in [0.25, 0.3) is 5.78 Å². The van der Waals surface area contributed by atoms with Crippen molar-refractivity contribution in [2.24, 2.45) is 0 Å². The quantitative estimate of drug-likeness (QED) is 0.921. The van der Waals surface area contributed by atoms with Gasteiger partial charge in [0, 0.05) is 11.6 Å². The van der Waals surface area contributed by atoms with E-state index in [1.807, 2.05) is 11.4 Å². The van der Waals surface area contributed by atoms with E-state index in [0.29, 0.717) is 6.04 Å². The van der Waals surface area contributed by atoms with Gasteiger partial charge in [0.15, 0.2) is 0 Å². The molecule has 2 aliphatic carbocycles. The largest absolute Gasteiger partial charge is 0.367 e. The van der Waals surface area contributed by atoms with Crippen LogP contribution in [0.3, 0.4) is 0 Å². The van der Waals surface area contributed by atoms with Crippen LogP contribution >= 0.6 is 0 Å². The molecule has 0 aliphatic heterocycles. The number of aryl methyl sites for hydroxylation is 2. The number of rotatable bonds is 2. The second-order valence-electron chi connectivity index (χ2n) is 6.44. The summed E-state index contributed by atoms with van der Waals surface area (Å²) in [5.41, 5.74) is 2.61. The van der Waals surface area contributed by atoms with E-state index < -0.39 is 0 Å². The highest BCUT2D eigenvalue weighted by Crippen LogP contribution is 2.29. The normalized spacial score (nSPS) is 19.7. The van der Waals surface area contributed by atoms with Gasteiger partial charge in [-0.2, -0.15) is 9.50 Å². The van der Waals surface area contributed by atoms with Crippen LogP contribution in [0.1, 0.15) is 62.0 Å². The minimum atomic E-state index is 0.583. The van der Waals surface area contributed by atoms with E-state index in [4.69, 9.17) is 4.98 Å². The Kier molecular flexibility index (Phi) is 3.28. The fraction of sp³-hybridized carbons (Fsp3) is 0.688. The molecule has 112 valence electrons. The molecule has 1 N–H and O–H groups in total. The fourth-order valence-electron chi connectivity index (χ4n) is 3.73. The summed E-state index contributed by atoms with van der Waals surface area (Å²) in [7, 11) is 0. The molecule has 2 aromatic heterocycles. The molecule has 0 aromatic carbocycles. The highest BCUT2D eigenvalue weighted by atomic mass is 15.4. The van der Waals surface area contributed by atoms with Crippen LogP contribution in [-0.4, -0.2) is 25.6 Å². The van der Waals surface area contributed by atoms with Gasteiger partial charge in [0.25, 0.3) is 5.78 Å². The van der Waals surface area contributed by atoms with Crippen LogP contribution in [0, 0.1) is 6.92 Å². The van der Waals surface area contributed by atoms with Gasteiger partial charge in [0.1, 0.15) is 11.6 Å². The minimum absolute atomic E-state index is 0.583. The standard InChI is InChI=1S/C16H23N5/c1-11-17-16-19-14-10-6-5-9-13(14)15(21(16)20-11)18-12-7-3-2-4-8-12/h12,18H,2-10H2,1H3. The Balaban J connectivity index is 1.79. The summed E-state index contributed by atoms with van der Waals surface area (Å²) in [4.78, 5) is 9.22. The summed E-state index contributed by atoms with van der Waals surface area (Å²) in [6.07, 6.45) is 11.3. The maximum absolute atomic E-state index is 4.74. The fourth-order valence-corrected chi connectivity index (χ4v) is 3.73. The van der Waals surface area contributed by atoms with Gasteiger partial charge in [-0.3, -0.25) is 0 Å². The van der Waals surface area contributed by atoms with Gasteiger partial charge >= 0.3 is 0 Å². The molecule has 2 aromatic rings. The zero-order valence-electron chi connectivity index (χ0n) is 12.7. The van der Waals surface area contributed by atoms with E-state index in [-0.39, 0.29) is 0 Å². The van der Waals surface area contributed by atoms with Gasteiger partial charge < -0.3 is 5.32 Å². The summed E-state index contributed by atoms with van der Waals surface area (Å²) in [6, 6.07) is 0.583. The average Bonchev–Trinajstić information content (AvgIpc) is 2.88. The first-order valence-corrected chi connectivity index (χ1v) is 8.33. The lowest BCUT2D eigenvalue weighted by Crippen LogP contribution is -2.26. The lowest BCUT2D eigenvalue weighted by molar-refractivity contribution is 0.460. The Morgan fingerprint density at radius 2 is 1.81 bits per heavy atom. The second kappa shape index (κ2) is 5.28. The van der Waals surface area contributed by atoms with Gasteiger partial charge in [-0.25, -0.2) is 4.98 Å². The van der Waals surface area contributed by atoms with Gasteiger partial charge in [-0.1, -0.05) is 19.3 Å². The molecule has 0 atom stereocenters. The molecule has 21 heavy (non-hydrogen) atoms. The Bertz CT molecular complexity index is 654. The molecule has 1 saturated carbocycles. The first kappa shape index (κ1) is 13.0. The van der Waals surface area contributed by atoms with Crippen molar-refractivity contribution in [2.45, 2.75) is 70.8 Å². The number of fused-ring (bicyclic) bond motifs is 2. The molecule has 2 aliphatic rings. The summed E-state index contributed by atoms with van der Waals surface area (Å²) in [5.74, 6) is 2.73. The minimum Gasteiger partial charge on any atom is -0.367 e. The van der Waals surface area contributed by atoms with E-state index in [1.165, 1.54) is 62.0 Å². The van der Waals surface area contributed by atoms with Crippen molar-refractivity contribution >= 4 is 11.6 Å². The molecule has 5 nitrogen and oxygen atoms in total. The van der Waals surface area contributed by atoms with E-state index in [9.17, 15) is 0 Å². The van der Waals surface area contributed by atoms with Crippen molar-refractivity contribution in [3.63, 3.8) is 0 Å². The SMILES string of the molecule is Cc1nc2nc3c(c(NC4CCCCC4)n2n1)CCCC3. The predicted octanol–water partition coefficient (Wildman–Crippen LogP) is 3.06. The van der Waals surface area contributed by atoms with Gasteiger partial charge in [0.2, 0.25) is 0 Å². The Morgan fingerprint density at radius 3 is 2.67 bits per heavy atom. The Morgan fingerprint density at radius 1 is 1.00 bits per heavy atom. The summed E-state index contributed by atoms with van der Waals surface area (Å²) < 4.78 is 1.94. The van der Waals surface area contributed by atoms with Crippen molar-refractivity contribution in [2.75, 3.05) is 5.32 Å². The van der Waals surface area contributed by atoms with Gasteiger partial charge in [-0.15, -0.1) is 5.10 Å². The van der Waals surface area contributed by atoms with E-state index in [2.05, 4.69) is 15.4 Å². The molecular formula is C16H23N5. The third-order valence-corrected chi connectivity index (χ3v) is 4.81. The second-order valence-corrected chi connectivity index (χ2v) is 6.44. The lowest BCUT2D eigenvalue weighted by atomic mass is 9.93. The van der Waals surface area contributed by atoms with Crippen LogP contribution < -0.4 is 5.32 Å². The number of hydrogen-bond donors (Lipinski definition) is 1. The third kappa shape index (κ3) is 2.39. The van der Waals surface area contributed by atoms with Crippen molar-refractivity contribution < 1.29 is 0 Å². The number of anilines is 1. The molecule has 0 saturated heterocycles. The first-order chi connectivity index (χ1) is 10.3. The summed E-state index contributed by atoms with van der Waals surface area (Å²) in [6.45, 7) is 1.94. The molecule has 0 radical (unpaired) electrons. The van der Waals surface area contributed by atoms with Crippen LogP contribution in [0.2, 0.25) is 0 Å². The number of nitrogens with zero attached hydrogens (tertiary/aromatic N) is 4. The van der Waals surface area contributed by atoms with Crippen LogP contribution in [-0.2, 0) is 12.8 Å². The van der Waals surface area contributed by atoms with Crippen LogP contribution in [0.15, 0.2) is 0 Å². The summed E-state index contributed by atoms with van der Waals surface area (Å²) >= 11 is 0. The zero-order chi connectivity index (χ0) is 14.2. The maximum atomic E-state index is 4.74. The van der Waals surface area contributed by atoms with E-state index in [0.717, 1.165) is 24.4 Å². The zero-order valence-corrected chi connectivity index (χ0v) is 12.7. The van der Waals surface area contributed by atoms with E-state index >= 15 is 0 Å². The molecule has 4 rings (SSSR count). The molecular weight excluding hydrogens is 262 g/mol. The van der Waals surface area contributed by atoms with Crippen molar-refractivity contribution in [3.8, 4) is 0 Å². The van der Waals surface area contributed by atoms with Crippen molar-refractivity contribution in [1.29, 1.82) is 0 Å². The molecule has 2 heterocycles. The molecule has 0 unspecified atom stereocenters. The Labute approximate surface area is 125 Å². The van der Waals surface area contributed by atoms with Crippen LogP contribution in [0.4, 0.5) is 5.82 Å². The average molecular weight is 285 g/mol. The summed E-state index contributed by atoms with van der Waals surface area (Å²) in [5, 5.41) is 8.35. The van der Waals surface area contributed by atoms with Gasteiger partial charge in [0.05, 0.1) is 5.69 Å². The maximum Gasteiger partial charge on any atom is 0.254 e. The molecule has 0 bridgehead atoms. The molecule has 0 amide bonds. The van der Waals surface area contributed by atoms with Crippen molar-refractivity contribution in [3.05, 3.63) is 17.1 Å². The highest BCUT2D eigenvalue weighted by molar-refractivity contribution is 5.54. The molecule has 5 heteroatoms. The first-order valence-electron chi connectivity index (χ1n) is 8.33. The molecule has 0 spiro atoms. The third-order valence-electron chi connectivity index (χ3n) is 4.81. The van der Waals surface area contributed by atoms with Crippen LogP contribution in [0.5, 0.6) is 0 Å².